The molecule has 0 radical (unpaired) electrons. The summed E-state index contributed by atoms with van der Waals surface area (Å²) in [4.78, 5) is 5.51. The van der Waals surface area contributed by atoms with Crippen LogP contribution in [0.4, 0.5) is 0 Å². The van der Waals surface area contributed by atoms with E-state index in [0.29, 0.717) is 13.1 Å². The van der Waals surface area contributed by atoms with Crippen LogP contribution in [-0.4, -0.2) is 66.2 Å². The number of hydrogen-bond donors (Lipinski definition) is 1. The Labute approximate surface area is 139 Å². The van der Waals surface area contributed by atoms with Crippen LogP contribution >= 0.6 is 0 Å². The molecule has 1 aliphatic carbocycles. The highest BCUT2D eigenvalue weighted by Crippen LogP contribution is 2.25. The predicted octanol–water partition coefficient (Wildman–Crippen LogP) is 1.64. The maximum atomic E-state index is 12.8. The predicted molar refractivity (Wildman–Crippen MR) is 91.2 cm³/mol. The molecule has 0 unspecified atom stereocenters. The Morgan fingerprint density at radius 2 is 1.87 bits per heavy atom. The Kier molecular flexibility index (Phi) is 5.41. The lowest BCUT2D eigenvalue weighted by Gasteiger charge is -2.38. The highest BCUT2D eigenvalue weighted by molar-refractivity contribution is 7.86. The summed E-state index contributed by atoms with van der Waals surface area (Å²) in [5.74, 6) is 0. The largest absolute Gasteiger partial charge is 0.364 e. The van der Waals surface area contributed by atoms with E-state index in [2.05, 4.69) is 16.0 Å². The Balaban J connectivity index is 1.55. The Morgan fingerprint density at radius 1 is 1.17 bits per heavy atom. The first-order valence-corrected chi connectivity index (χ1v) is 10.0. The number of nitrogens with one attached hydrogen (secondary N) is 1. The van der Waals surface area contributed by atoms with Gasteiger partial charge in [-0.1, -0.05) is 19.3 Å². The van der Waals surface area contributed by atoms with Crippen molar-refractivity contribution < 1.29 is 8.42 Å². The van der Waals surface area contributed by atoms with E-state index in [-0.39, 0.29) is 6.04 Å². The highest BCUT2D eigenvalue weighted by Gasteiger charge is 2.34. The number of nitrogens with zero attached hydrogens (tertiary/aromatic N) is 3. The summed E-state index contributed by atoms with van der Waals surface area (Å²) < 4.78 is 29.0. The van der Waals surface area contributed by atoms with E-state index in [1.165, 1.54) is 12.1 Å². The lowest BCUT2D eigenvalue weighted by Crippen LogP contribution is -2.54. The van der Waals surface area contributed by atoms with E-state index in [4.69, 9.17) is 0 Å². The molecule has 2 heterocycles. The van der Waals surface area contributed by atoms with Crippen molar-refractivity contribution in [2.75, 3.05) is 33.2 Å². The minimum atomic E-state index is -3.31. The quantitative estimate of drug-likeness (QED) is 0.886. The fraction of sp³-hybridized carbons (Fsp3) is 0.750. The van der Waals surface area contributed by atoms with Gasteiger partial charge in [-0.15, -0.1) is 0 Å². The molecule has 7 heteroatoms. The molecule has 1 saturated heterocycles. The van der Waals surface area contributed by atoms with E-state index >= 15 is 0 Å². The first kappa shape index (κ1) is 17.0. The van der Waals surface area contributed by atoms with Gasteiger partial charge in [-0.05, 0) is 25.0 Å². The average molecular weight is 340 g/mol. The summed E-state index contributed by atoms with van der Waals surface area (Å²) >= 11 is 0. The number of aromatic nitrogens is 1. The van der Waals surface area contributed by atoms with Gasteiger partial charge in [0, 0.05) is 57.7 Å². The van der Waals surface area contributed by atoms with Gasteiger partial charge >= 0.3 is 0 Å². The molecule has 2 fully saturated rings. The Bertz CT molecular complexity index is 573. The van der Waals surface area contributed by atoms with Crippen molar-refractivity contribution in [3.63, 3.8) is 0 Å². The van der Waals surface area contributed by atoms with Crippen molar-refractivity contribution in [1.82, 2.24) is 18.5 Å². The zero-order chi connectivity index (χ0) is 16.3. The molecule has 0 bridgehead atoms. The molecule has 1 N–H and O–H groups in total. The number of piperazine rings is 1. The lowest BCUT2D eigenvalue weighted by atomic mass is 9.96. The van der Waals surface area contributed by atoms with E-state index < -0.39 is 10.2 Å². The molecule has 1 aromatic heterocycles. The molecule has 1 aromatic rings. The second-order valence-corrected chi connectivity index (χ2v) is 8.67. The van der Waals surface area contributed by atoms with Crippen molar-refractivity contribution in [1.29, 1.82) is 0 Å². The van der Waals surface area contributed by atoms with E-state index in [0.717, 1.165) is 45.3 Å². The van der Waals surface area contributed by atoms with Gasteiger partial charge < -0.3 is 4.98 Å². The topological polar surface area (TPSA) is 59.7 Å². The number of aromatic amines is 1. The Morgan fingerprint density at radius 3 is 2.48 bits per heavy atom. The van der Waals surface area contributed by atoms with Crippen molar-refractivity contribution in [3.8, 4) is 0 Å². The fourth-order valence-electron chi connectivity index (χ4n) is 3.64. The van der Waals surface area contributed by atoms with Gasteiger partial charge in [0.25, 0.3) is 10.2 Å². The summed E-state index contributed by atoms with van der Waals surface area (Å²) in [6, 6.07) is 4.25. The van der Waals surface area contributed by atoms with Gasteiger partial charge in [0.2, 0.25) is 0 Å². The van der Waals surface area contributed by atoms with Crippen LogP contribution in [0, 0.1) is 0 Å². The van der Waals surface area contributed by atoms with Crippen LogP contribution in [0.2, 0.25) is 0 Å². The third-order valence-electron chi connectivity index (χ3n) is 5.17. The van der Waals surface area contributed by atoms with Crippen molar-refractivity contribution in [3.05, 3.63) is 24.0 Å². The number of H-pyrrole nitrogens is 1. The smallest absolute Gasteiger partial charge is 0.282 e. The molecule has 0 amide bonds. The van der Waals surface area contributed by atoms with E-state index in [9.17, 15) is 8.42 Å². The molecule has 23 heavy (non-hydrogen) atoms. The van der Waals surface area contributed by atoms with Crippen LogP contribution in [0.1, 0.15) is 37.8 Å². The summed E-state index contributed by atoms with van der Waals surface area (Å²) in [5.41, 5.74) is 1.18. The van der Waals surface area contributed by atoms with Gasteiger partial charge in [0.05, 0.1) is 0 Å². The van der Waals surface area contributed by atoms with E-state index in [1.807, 2.05) is 12.3 Å². The van der Waals surface area contributed by atoms with Crippen LogP contribution in [0.5, 0.6) is 0 Å². The number of hydrogen-bond acceptors (Lipinski definition) is 3. The lowest BCUT2D eigenvalue weighted by molar-refractivity contribution is 0.169. The molecule has 130 valence electrons. The zero-order valence-electron chi connectivity index (χ0n) is 13.9. The third kappa shape index (κ3) is 3.96. The Hall–Kier alpha value is -0.890. The second-order valence-electron chi connectivity index (χ2n) is 6.69. The molecule has 0 aromatic carbocycles. The second kappa shape index (κ2) is 7.34. The van der Waals surface area contributed by atoms with E-state index in [1.54, 1.807) is 15.7 Å². The maximum Gasteiger partial charge on any atom is 0.282 e. The summed E-state index contributed by atoms with van der Waals surface area (Å²) in [6.45, 7) is 3.60. The molecule has 6 nitrogen and oxygen atoms in total. The van der Waals surface area contributed by atoms with Gasteiger partial charge in [-0.3, -0.25) is 4.90 Å². The summed E-state index contributed by atoms with van der Waals surface area (Å²) in [6.07, 6.45) is 7.46. The van der Waals surface area contributed by atoms with Crippen LogP contribution in [0.15, 0.2) is 18.3 Å². The minimum Gasteiger partial charge on any atom is -0.364 e. The van der Waals surface area contributed by atoms with Crippen LogP contribution in [-0.2, 0) is 16.8 Å². The van der Waals surface area contributed by atoms with Crippen molar-refractivity contribution in [2.45, 2.75) is 44.7 Å². The first-order chi connectivity index (χ1) is 11.1. The van der Waals surface area contributed by atoms with Gasteiger partial charge in [0.15, 0.2) is 0 Å². The van der Waals surface area contributed by atoms with Crippen molar-refractivity contribution >= 4 is 10.2 Å². The molecular weight excluding hydrogens is 312 g/mol. The van der Waals surface area contributed by atoms with Crippen LogP contribution in [0.3, 0.4) is 0 Å². The normalized spacial score (nSPS) is 22.7. The van der Waals surface area contributed by atoms with Crippen molar-refractivity contribution in [2.24, 2.45) is 0 Å². The SMILES string of the molecule is CN(C1CCCCC1)S(=O)(=O)N1CCN(Cc2ccc[nH]2)CC1. The minimum absolute atomic E-state index is 0.186. The molecule has 1 aliphatic heterocycles. The number of rotatable bonds is 5. The van der Waals surface area contributed by atoms with Gasteiger partial charge in [0.1, 0.15) is 0 Å². The molecule has 3 rings (SSSR count). The maximum absolute atomic E-state index is 12.8. The standard InChI is InChI=1S/C16H28N4O2S/c1-18(16-7-3-2-4-8-16)23(21,22)20-12-10-19(11-13-20)14-15-6-5-9-17-15/h5-6,9,16-17H,2-4,7-8,10-14H2,1H3. The van der Waals surface area contributed by atoms with Gasteiger partial charge in [-0.25, -0.2) is 0 Å². The van der Waals surface area contributed by atoms with Crippen LogP contribution < -0.4 is 0 Å². The highest BCUT2D eigenvalue weighted by atomic mass is 32.2. The van der Waals surface area contributed by atoms with Gasteiger partial charge in [-0.2, -0.15) is 17.0 Å². The first-order valence-electron chi connectivity index (χ1n) is 8.65. The molecule has 0 spiro atoms. The van der Waals surface area contributed by atoms with Crippen LogP contribution in [0.25, 0.3) is 0 Å². The molecule has 1 saturated carbocycles. The average Bonchev–Trinajstić information content (AvgIpc) is 3.08. The molecule has 2 aliphatic rings. The fourth-order valence-corrected chi connectivity index (χ4v) is 5.22. The third-order valence-corrected chi connectivity index (χ3v) is 7.21. The molecule has 0 atom stereocenters. The summed E-state index contributed by atoms with van der Waals surface area (Å²) in [7, 11) is -1.55. The monoisotopic (exact) mass is 340 g/mol. The summed E-state index contributed by atoms with van der Waals surface area (Å²) in [5, 5.41) is 0. The molecular formula is C16H28N4O2S. The zero-order valence-corrected chi connectivity index (χ0v) is 14.8.